The maximum absolute atomic E-state index is 12.8. The molecule has 1 aliphatic heterocycles. The normalized spacial score (nSPS) is 40.4. The lowest BCUT2D eigenvalue weighted by molar-refractivity contribution is -0.0688. The fourth-order valence-corrected chi connectivity index (χ4v) is 7.49. The number of nitrogens with zero attached hydrogens (tertiary/aromatic N) is 1. The smallest absolute Gasteiger partial charge is 0.270 e. The van der Waals surface area contributed by atoms with E-state index in [-0.39, 0.29) is 11.9 Å². The summed E-state index contributed by atoms with van der Waals surface area (Å²) in [6.45, 7) is 3.31. The molecule has 2 heterocycles. The van der Waals surface area contributed by atoms with Gasteiger partial charge in [-0.25, -0.2) is 4.98 Å². The Bertz CT molecular complexity index is 628. The van der Waals surface area contributed by atoms with Crippen LogP contribution in [0.2, 0.25) is 0 Å². The minimum atomic E-state index is 0.0312. The minimum Gasteiger partial charge on any atom is -0.348 e. The first-order valence-electron chi connectivity index (χ1n) is 10.1. The highest BCUT2D eigenvalue weighted by molar-refractivity contribution is 7.09. The summed E-state index contributed by atoms with van der Waals surface area (Å²) < 4.78 is 0. The van der Waals surface area contributed by atoms with Gasteiger partial charge in [-0.2, -0.15) is 0 Å². The minimum absolute atomic E-state index is 0.0312. The van der Waals surface area contributed by atoms with E-state index in [4.69, 9.17) is 0 Å². The molecule has 5 fully saturated rings. The number of carbonyl (C=O) groups is 1. The molecule has 1 amide bonds. The van der Waals surface area contributed by atoms with E-state index in [0.717, 1.165) is 35.7 Å². The molecule has 2 atom stereocenters. The number of hydrogen-bond acceptors (Lipinski definition) is 4. The number of aromatic nitrogens is 1. The van der Waals surface area contributed by atoms with E-state index in [9.17, 15) is 4.79 Å². The second kappa shape index (κ2) is 6.05. The van der Waals surface area contributed by atoms with Gasteiger partial charge in [-0.15, -0.1) is 11.3 Å². The zero-order valence-corrected chi connectivity index (χ0v) is 15.9. The first kappa shape index (κ1) is 16.2. The van der Waals surface area contributed by atoms with Gasteiger partial charge in [0, 0.05) is 11.4 Å². The van der Waals surface area contributed by atoms with Crippen LogP contribution in [0.3, 0.4) is 0 Å². The highest BCUT2D eigenvalue weighted by atomic mass is 32.1. The van der Waals surface area contributed by atoms with Crippen LogP contribution in [0, 0.1) is 23.2 Å². The van der Waals surface area contributed by atoms with Crippen molar-refractivity contribution in [1.29, 1.82) is 0 Å². The molecule has 4 saturated carbocycles. The van der Waals surface area contributed by atoms with Crippen molar-refractivity contribution in [2.75, 3.05) is 6.54 Å². The summed E-state index contributed by atoms with van der Waals surface area (Å²) in [7, 11) is 0. The van der Waals surface area contributed by atoms with Crippen molar-refractivity contribution in [1.82, 2.24) is 15.6 Å². The summed E-state index contributed by atoms with van der Waals surface area (Å²) in [5.41, 5.74) is 0.973. The molecule has 4 nitrogen and oxygen atoms in total. The summed E-state index contributed by atoms with van der Waals surface area (Å²) in [4.78, 5) is 17.4. The number of carbonyl (C=O) groups excluding carboxylic acids is 1. The summed E-state index contributed by atoms with van der Waals surface area (Å²) in [6.07, 6.45) is 10.7. The van der Waals surface area contributed by atoms with Gasteiger partial charge in [0.2, 0.25) is 0 Å². The molecular formula is C20H29N3OS. The van der Waals surface area contributed by atoms with Crippen LogP contribution >= 0.6 is 11.3 Å². The molecule has 2 N–H and O–H groups in total. The Morgan fingerprint density at radius 1 is 1.28 bits per heavy atom. The Hall–Kier alpha value is -0.940. The van der Waals surface area contributed by atoms with Gasteiger partial charge in [-0.1, -0.05) is 0 Å². The molecule has 25 heavy (non-hydrogen) atoms. The molecule has 1 saturated heterocycles. The zero-order chi connectivity index (χ0) is 17.0. The monoisotopic (exact) mass is 359 g/mol. The van der Waals surface area contributed by atoms with E-state index in [2.05, 4.69) is 22.5 Å². The van der Waals surface area contributed by atoms with Crippen LogP contribution in [-0.2, 0) is 0 Å². The number of rotatable bonds is 4. The largest absolute Gasteiger partial charge is 0.348 e. The van der Waals surface area contributed by atoms with Gasteiger partial charge in [-0.05, 0) is 88.0 Å². The SMILES string of the molecule is CC(NC(=O)c1csc(C2CCCN2)n1)C12CC3CC(CC(C3)C1)C2. The van der Waals surface area contributed by atoms with Crippen molar-refractivity contribution in [2.45, 2.75) is 70.4 Å². The molecule has 2 unspecified atom stereocenters. The van der Waals surface area contributed by atoms with Crippen LogP contribution in [0.4, 0.5) is 0 Å². The van der Waals surface area contributed by atoms with Gasteiger partial charge < -0.3 is 10.6 Å². The molecule has 0 spiro atoms. The Labute approximate surface area is 154 Å². The lowest BCUT2D eigenvalue weighted by atomic mass is 9.48. The van der Waals surface area contributed by atoms with Crippen LogP contribution in [0.15, 0.2) is 5.38 Å². The van der Waals surface area contributed by atoms with E-state index in [1.54, 1.807) is 11.3 Å². The summed E-state index contributed by atoms with van der Waals surface area (Å²) >= 11 is 1.63. The van der Waals surface area contributed by atoms with Gasteiger partial charge in [0.25, 0.3) is 5.91 Å². The molecule has 0 aromatic carbocycles. The van der Waals surface area contributed by atoms with E-state index in [0.29, 0.717) is 17.2 Å². The molecule has 4 aliphatic carbocycles. The summed E-state index contributed by atoms with van der Waals surface area (Å²) in [5.74, 6) is 2.79. The quantitative estimate of drug-likeness (QED) is 0.857. The second-order valence-electron chi connectivity index (χ2n) is 9.19. The third kappa shape index (κ3) is 2.84. The Morgan fingerprint density at radius 2 is 1.96 bits per heavy atom. The molecular weight excluding hydrogens is 330 g/mol. The third-order valence-corrected chi connectivity index (χ3v) is 8.42. The fourth-order valence-electron chi connectivity index (χ4n) is 6.58. The number of nitrogens with one attached hydrogen (secondary N) is 2. The highest BCUT2D eigenvalue weighted by Crippen LogP contribution is 2.61. The van der Waals surface area contributed by atoms with Gasteiger partial charge in [-0.3, -0.25) is 4.79 Å². The molecule has 1 aromatic heterocycles. The maximum atomic E-state index is 12.8. The molecule has 6 rings (SSSR count). The van der Waals surface area contributed by atoms with Crippen molar-refractivity contribution in [2.24, 2.45) is 23.2 Å². The first-order chi connectivity index (χ1) is 12.1. The average molecular weight is 360 g/mol. The van der Waals surface area contributed by atoms with Crippen LogP contribution in [0.1, 0.15) is 79.8 Å². The molecule has 4 bridgehead atoms. The van der Waals surface area contributed by atoms with E-state index in [1.807, 2.05) is 5.38 Å². The predicted molar refractivity (Wildman–Crippen MR) is 99.6 cm³/mol. The van der Waals surface area contributed by atoms with E-state index < -0.39 is 0 Å². The lowest BCUT2D eigenvalue weighted by Gasteiger charge is -2.59. The first-order valence-corrected chi connectivity index (χ1v) is 11.0. The van der Waals surface area contributed by atoms with Crippen molar-refractivity contribution < 1.29 is 4.79 Å². The third-order valence-electron chi connectivity index (χ3n) is 7.46. The fraction of sp³-hybridized carbons (Fsp3) is 0.800. The van der Waals surface area contributed by atoms with Gasteiger partial charge in [0.05, 0.1) is 6.04 Å². The van der Waals surface area contributed by atoms with Gasteiger partial charge in [0.15, 0.2) is 0 Å². The predicted octanol–water partition coefficient (Wildman–Crippen LogP) is 3.90. The number of thiazole rings is 1. The Balaban J connectivity index is 1.28. The zero-order valence-electron chi connectivity index (χ0n) is 15.1. The van der Waals surface area contributed by atoms with Crippen LogP contribution in [-0.4, -0.2) is 23.5 Å². The Morgan fingerprint density at radius 3 is 2.56 bits per heavy atom. The molecule has 5 aliphatic rings. The van der Waals surface area contributed by atoms with Crippen LogP contribution in [0.5, 0.6) is 0 Å². The van der Waals surface area contributed by atoms with Crippen LogP contribution < -0.4 is 10.6 Å². The average Bonchev–Trinajstić information content (AvgIpc) is 3.25. The second-order valence-corrected chi connectivity index (χ2v) is 10.1. The van der Waals surface area contributed by atoms with Crippen molar-refractivity contribution in [3.8, 4) is 0 Å². The maximum Gasteiger partial charge on any atom is 0.270 e. The van der Waals surface area contributed by atoms with E-state index >= 15 is 0 Å². The Kier molecular flexibility index (Phi) is 3.93. The lowest BCUT2D eigenvalue weighted by Crippen LogP contribution is -2.55. The summed E-state index contributed by atoms with van der Waals surface area (Å²) in [5, 5.41) is 9.83. The molecule has 5 heteroatoms. The van der Waals surface area contributed by atoms with E-state index in [1.165, 1.54) is 44.9 Å². The molecule has 0 radical (unpaired) electrons. The van der Waals surface area contributed by atoms with Crippen LogP contribution in [0.25, 0.3) is 0 Å². The topological polar surface area (TPSA) is 54.0 Å². The van der Waals surface area contributed by atoms with Crippen molar-refractivity contribution in [3.63, 3.8) is 0 Å². The number of amides is 1. The van der Waals surface area contributed by atoms with Gasteiger partial charge >= 0.3 is 0 Å². The highest BCUT2D eigenvalue weighted by Gasteiger charge is 2.53. The molecule has 1 aromatic rings. The van der Waals surface area contributed by atoms with Crippen molar-refractivity contribution >= 4 is 17.2 Å². The standard InChI is InChI=1S/C20H29N3OS/c1-12(20-8-13-5-14(9-20)7-15(6-13)10-20)22-18(24)17-11-25-19(23-17)16-3-2-4-21-16/h11-16,21H,2-10H2,1H3,(H,22,24). The number of hydrogen-bond donors (Lipinski definition) is 2. The summed E-state index contributed by atoms with van der Waals surface area (Å²) in [6, 6.07) is 0.621. The van der Waals surface area contributed by atoms with Crippen molar-refractivity contribution in [3.05, 3.63) is 16.1 Å². The molecule has 136 valence electrons. The van der Waals surface area contributed by atoms with Gasteiger partial charge in [0.1, 0.15) is 10.7 Å².